The van der Waals surface area contributed by atoms with Gasteiger partial charge in [-0.25, -0.2) is 4.98 Å². The highest BCUT2D eigenvalue weighted by Gasteiger charge is 2.17. The summed E-state index contributed by atoms with van der Waals surface area (Å²) in [5.41, 5.74) is 1.23. The van der Waals surface area contributed by atoms with Gasteiger partial charge in [0.25, 0.3) is 11.2 Å². The van der Waals surface area contributed by atoms with Gasteiger partial charge < -0.3 is 5.32 Å². The Morgan fingerprint density at radius 2 is 1.83 bits per heavy atom. The lowest BCUT2D eigenvalue weighted by molar-refractivity contribution is -0.385. The van der Waals surface area contributed by atoms with Gasteiger partial charge in [0.2, 0.25) is 5.91 Å². The summed E-state index contributed by atoms with van der Waals surface area (Å²) >= 11 is 7.59. The predicted octanol–water partition coefficient (Wildman–Crippen LogP) is 4.70. The molecule has 0 aliphatic rings. The Labute approximate surface area is 192 Å². The van der Waals surface area contributed by atoms with Crippen molar-refractivity contribution in [1.29, 1.82) is 0 Å². The number of aryl methyl sites for hydroxylation is 1. The Morgan fingerprint density at radius 1 is 1.20 bits per heavy atom. The van der Waals surface area contributed by atoms with Gasteiger partial charge in [0.1, 0.15) is 0 Å². The molecule has 0 saturated heterocycles. The molecule has 1 amide bonds. The van der Waals surface area contributed by atoms with Gasteiger partial charge in [-0.05, 0) is 50.9 Å². The molecule has 0 atom stereocenters. The molecule has 0 unspecified atom stereocenters. The van der Waals surface area contributed by atoms with Crippen molar-refractivity contribution in [2.45, 2.75) is 12.1 Å². The molecule has 0 aliphatic carbocycles. The molecule has 154 valence electrons. The Bertz CT molecular complexity index is 1160. The number of carbonyl (C=O) groups is 1. The minimum absolute atomic E-state index is 0.0153. The van der Waals surface area contributed by atoms with Gasteiger partial charge in [0, 0.05) is 32.8 Å². The summed E-state index contributed by atoms with van der Waals surface area (Å²) in [4.78, 5) is 39.8. The van der Waals surface area contributed by atoms with Crippen LogP contribution < -0.4 is 10.9 Å². The molecule has 0 aliphatic heterocycles. The van der Waals surface area contributed by atoms with E-state index in [2.05, 4.69) is 42.2 Å². The first-order valence-corrected chi connectivity index (χ1v) is 11.1. The zero-order valence-electron chi connectivity index (χ0n) is 15.5. The second-order valence-electron chi connectivity index (χ2n) is 6.07. The van der Waals surface area contributed by atoms with Crippen molar-refractivity contribution in [1.82, 2.24) is 9.55 Å². The first kappa shape index (κ1) is 22.2. The molecule has 0 fully saturated rings. The number of halogens is 2. The van der Waals surface area contributed by atoms with Gasteiger partial charge in [0.15, 0.2) is 5.16 Å². The average molecular weight is 554 g/mol. The Hall–Kier alpha value is -2.50. The van der Waals surface area contributed by atoms with E-state index in [-0.39, 0.29) is 22.9 Å². The third-order valence-electron chi connectivity index (χ3n) is 3.86. The number of benzene rings is 2. The van der Waals surface area contributed by atoms with Crippen molar-refractivity contribution >= 4 is 60.9 Å². The monoisotopic (exact) mass is 552 g/mol. The van der Waals surface area contributed by atoms with Crippen molar-refractivity contribution in [3.05, 3.63) is 83.6 Å². The number of non-ortho nitro benzene ring substituents is 1. The summed E-state index contributed by atoms with van der Waals surface area (Å²) in [6.45, 7) is 1.71. The topological polar surface area (TPSA) is 107 Å². The Morgan fingerprint density at radius 3 is 2.43 bits per heavy atom. The highest BCUT2D eigenvalue weighted by Crippen LogP contribution is 2.35. The summed E-state index contributed by atoms with van der Waals surface area (Å²) < 4.78 is 2.19. The maximum Gasteiger partial charge on any atom is 0.271 e. The molecule has 0 bridgehead atoms. The lowest BCUT2D eigenvalue weighted by Gasteiger charge is -2.13. The summed E-state index contributed by atoms with van der Waals surface area (Å²) in [5, 5.41) is 14.0. The van der Waals surface area contributed by atoms with E-state index in [1.807, 2.05) is 18.2 Å². The molecular weight excluding hydrogens is 540 g/mol. The molecule has 3 rings (SSSR count). The van der Waals surface area contributed by atoms with E-state index in [1.54, 1.807) is 19.1 Å². The molecule has 30 heavy (non-hydrogen) atoms. The van der Waals surface area contributed by atoms with Crippen LogP contribution in [-0.2, 0) is 4.79 Å². The fourth-order valence-corrected chi connectivity index (χ4v) is 4.80. The van der Waals surface area contributed by atoms with Crippen molar-refractivity contribution in [3.63, 3.8) is 0 Å². The fourth-order valence-electron chi connectivity index (χ4n) is 2.57. The van der Waals surface area contributed by atoms with Crippen molar-refractivity contribution in [2.75, 3.05) is 11.1 Å². The molecule has 2 aromatic carbocycles. The van der Waals surface area contributed by atoms with E-state index < -0.39 is 4.92 Å². The van der Waals surface area contributed by atoms with Gasteiger partial charge in [-0.15, -0.1) is 0 Å². The first-order valence-electron chi connectivity index (χ1n) is 8.48. The number of anilines is 1. The second-order valence-corrected chi connectivity index (χ2v) is 8.72. The number of nitrogens with one attached hydrogen (secondary N) is 1. The van der Waals surface area contributed by atoms with Gasteiger partial charge in [-0.1, -0.05) is 30.0 Å². The van der Waals surface area contributed by atoms with Crippen LogP contribution in [0.3, 0.4) is 0 Å². The van der Waals surface area contributed by atoms with Crippen LogP contribution in [0.2, 0.25) is 0 Å². The third-order valence-corrected chi connectivity index (χ3v) is 6.05. The van der Waals surface area contributed by atoms with Crippen molar-refractivity contribution in [2.24, 2.45) is 0 Å². The Kier molecular flexibility index (Phi) is 7.06. The summed E-state index contributed by atoms with van der Waals surface area (Å²) in [5.74, 6) is -0.371. The number of hydrogen-bond acceptors (Lipinski definition) is 6. The van der Waals surface area contributed by atoms with Crippen LogP contribution in [-0.4, -0.2) is 26.1 Å². The van der Waals surface area contributed by atoms with Crippen LogP contribution in [0, 0.1) is 17.0 Å². The van der Waals surface area contributed by atoms with Gasteiger partial charge in [-0.3, -0.25) is 24.3 Å². The molecular formula is C19H14Br2N4O4S. The van der Waals surface area contributed by atoms with E-state index in [0.717, 1.165) is 11.8 Å². The number of nitrogens with zero attached hydrogens (tertiary/aromatic N) is 3. The quantitative estimate of drug-likeness (QED) is 0.205. The summed E-state index contributed by atoms with van der Waals surface area (Å²) in [6.07, 6.45) is 0. The zero-order valence-corrected chi connectivity index (χ0v) is 19.5. The molecule has 1 aromatic heterocycles. The third kappa shape index (κ3) is 5.15. The minimum atomic E-state index is -0.525. The number of nitro benzene ring substituents is 1. The second kappa shape index (κ2) is 9.54. The number of carbonyl (C=O) groups excluding carboxylic acids is 1. The van der Waals surface area contributed by atoms with Gasteiger partial charge >= 0.3 is 0 Å². The van der Waals surface area contributed by atoms with E-state index in [1.165, 1.54) is 22.8 Å². The molecule has 0 saturated carbocycles. The number of para-hydroxylation sites is 1. The lowest BCUT2D eigenvalue weighted by Crippen LogP contribution is -2.22. The number of aromatic nitrogens is 2. The standard InChI is InChI=1S/C19H14Br2N4O4S/c1-11-7-17(27)24(12-5-3-2-4-6-12)19(22-11)30-10-16(26)23-18-14(20)8-13(25(28)29)9-15(18)21/h2-9H,10H2,1H3,(H,23,26). The molecule has 1 N–H and O–H groups in total. The molecule has 8 nitrogen and oxygen atoms in total. The smallest absolute Gasteiger partial charge is 0.271 e. The van der Waals surface area contributed by atoms with E-state index in [9.17, 15) is 19.7 Å². The SMILES string of the molecule is Cc1cc(=O)n(-c2ccccc2)c(SCC(=O)Nc2c(Br)cc([N+](=O)[O-])cc2Br)n1. The summed E-state index contributed by atoms with van der Waals surface area (Å²) in [7, 11) is 0. The molecule has 0 radical (unpaired) electrons. The van der Waals surface area contributed by atoms with E-state index in [4.69, 9.17) is 0 Å². The number of nitro groups is 1. The zero-order chi connectivity index (χ0) is 21.8. The maximum absolute atomic E-state index is 12.5. The van der Waals surface area contributed by atoms with Crippen LogP contribution in [0.4, 0.5) is 11.4 Å². The van der Waals surface area contributed by atoms with E-state index in [0.29, 0.717) is 31.2 Å². The van der Waals surface area contributed by atoms with Crippen molar-refractivity contribution < 1.29 is 9.72 Å². The van der Waals surface area contributed by atoms with Gasteiger partial charge in [-0.2, -0.15) is 0 Å². The molecule has 3 aromatic rings. The van der Waals surface area contributed by atoms with Crippen LogP contribution >= 0.6 is 43.6 Å². The van der Waals surface area contributed by atoms with Crippen LogP contribution in [0.5, 0.6) is 0 Å². The lowest BCUT2D eigenvalue weighted by atomic mass is 10.3. The predicted molar refractivity (Wildman–Crippen MR) is 122 cm³/mol. The summed E-state index contributed by atoms with van der Waals surface area (Å²) in [6, 6.07) is 13.1. The number of hydrogen-bond donors (Lipinski definition) is 1. The maximum atomic E-state index is 12.5. The molecule has 11 heteroatoms. The number of thioether (sulfide) groups is 1. The van der Waals surface area contributed by atoms with E-state index >= 15 is 0 Å². The highest BCUT2D eigenvalue weighted by molar-refractivity contribution is 9.11. The van der Waals surface area contributed by atoms with Crippen molar-refractivity contribution in [3.8, 4) is 5.69 Å². The Balaban J connectivity index is 1.81. The molecule has 1 heterocycles. The molecule has 0 spiro atoms. The first-order chi connectivity index (χ1) is 14.3. The van der Waals surface area contributed by atoms with Crippen LogP contribution in [0.1, 0.15) is 5.69 Å². The highest BCUT2D eigenvalue weighted by atomic mass is 79.9. The average Bonchev–Trinajstić information content (AvgIpc) is 2.69. The number of rotatable bonds is 6. The normalized spacial score (nSPS) is 10.6. The van der Waals surface area contributed by atoms with Crippen LogP contribution in [0.25, 0.3) is 5.69 Å². The number of amides is 1. The minimum Gasteiger partial charge on any atom is -0.323 e. The van der Waals surface area contributed by atoms with Gasteiger partial charge in [0.05, 0.1) is 22.1 Å². The fraction of sp³-hybridized carbons (Fsp3) is 0.105. The largest absolute Gasteiger partial charge is 0.323 e. The van der Waals surface area contributed by atoms with Crippen LogP contribution in [0.15, 0.2) is 67.4 Å².